The van der Waals surface area contributed by atoms with Gasteiger partial charge in [-0.2, -0.15) is 0 Å². The predicted molar refractivity (Wildman–Crippen MR) is 99.4 cm³/mol. The van der Waals surface area contributed by atoms with Crippen LogP contribution >= 0.6 is 0 Å². The molecule has 0 bridgehead atoms. The van der Waals surface area contributed by atoms with Crippen molar-refractivity contribution in [1.29, 1.82) is 0 Å². The third kappa shape index (κ3) is 3.07. The Kier molecular flexibility index (Phi) is 3.88. The van der Waals surface area contributed by atoms with Crippen molar-refractivity contribution in [3.8, 4) is 5.75 Å². The molecule has 1 aliphatic rings. The molecule has 0 unspecified atom stereocenters. The first-order chi connectivity index (χ1) is 12.2. The summed E-state index contributed by atoms with van der Waals surface area (Å²) in [7, 11) is 1.60. The molecule has 1 aliphatic carbocycles. The molecular formula is C21H20N2O2. The highest BCUT2D eigenvalue weighted by atomic mass is 16.5. The van der Waals surface area contributed by atoms with Crippen molar-refractivity contribution in [2.45, 2.75) is 25.7 Å². The molecule has 4 heteroatoms. The monoisotopic (exact) mass is 332 g/mol. The molecular weight excluding hydrogens is 312 g/mol. The van der Waals surface area contributed by atoms with Crippen LogP contribution in [0.4, 0.5) is 5.69 Å². The Hall–Kier alpha value is -2.88. The number of hydrogen-bond acceptors (Lipinski definition) is 3. The average molecular weight is 332 g/mol. The number of para-hydroxylation sites is 1. The van der Waals surface area contributed by atoms with E-state index in [1.54, 1.807) is 7.11 Å². The van der Waals surface area contributed by atoms with Crippen LogP contribution < -0.4 is 10.1 Å². The van der Waals surface area contributed by atoms with E-state index in [1.165, 1.54) is 0 Å². The van der Waals surface area contributed by atoms with Gasteiger partial charge in [-0.3, -0.25) is 9.78 Å². The molecule has 3 aromatic rings. The van der Waals surface area contributed by atoms with Crippen LogP contribution in [0.25, 0.3) is 10.9 Å². The van der Waals surface area contributed by atoms with Gasteiger partial charge in [-0.25, -0.2) is 0 Å². The van der Waals surface area contributed by atoms with E-state index < -0.39 is 0 Å². The Morgan fingerprint density at radius 1 is 1.16 bits per heavy atom. The third-order valence-electron chi connectivity index (χ3n) is 4.58. The first-order valence-corrected chi connectivity index (χ1v) is 8.51. The minimum atomic E-state index is -0.135. The summed E-state index contributed by atoms with van der Waals surface area (Å²) < 4.78 is 5.37. The molecule has 1 aromatic heterocycles. The second-order valence-electron chi connectivity index (χ2n) is 6.54. The summed E-state index contributed by atoms with van der Waals surface area (Å²) in [5, 5.41) is 3.88. The van der Waals surface area contributed by atoms with Crippen molar-refractivity contribution in [2.24, 2.45) is 0 Å². The molecule has 0 radical (unpaired) electrons. The van der Waals surface area contributed by atoms with Gasteiger partial charge in [0.2, 0.25) is 0 Å². The summed E-state index contributed by atoms with van der Waals surface area (Å²) in [5.74, 6) is 1.01. The first kappa shape index (κ1) is 15.6. The normalized spacial score (nSPS) is 13.7. The molecule has 0 spiro atoms. The predicted octanol–water partition coefficient (Wildman–Crippen LogP) is 4.68. The zero-order valence-corrected chi connectivity index (χ0v) is 14.4. The lowest BCUT2D eigenvalue weighted by molar-refractivity contribution is 0.102. The third-order valence-corrected chi connectivity index (χ3v) is 4.58. The maximum absolute atomic E-state index is 13.0. The lowest BCUT2D eigenvalue weighted by Crippen LogP contribution is -2.14. The fourth-order valence-electron chi connectivity index (χ4n) is 3.08. The minimum absolute atomic E-state index is 0.135. The van der Waals surface area contributed by atoms with E-state index in [1.807, 2.05) is 55.5 Å². The number of benzene rings is 2. The van der Waals surface area contributed by atoms with Gasteiger partial charge in [0.25, 0.3) is 5.91 Å². The smallest absolute Gasteiger partial charge is 0.256 e. The molecule has 1 heterocycles. The number of pyridine rings is 1. The molecule has 4 rings (SSSR count). The molecule has 126 valence electrons. The number of amides is 1. The average Bonchev–Trinajstić information content (AvgIpc) is 3.46. The second-order valence-corrected chi connectivity index (χ2v) is 6.54. The Morgan fingerprint density at radius 3 is 2.72 bits per heavy atom. The molecule has 1 fully saturated rings. The van der Waals surface area contributed by atoms with Gasteiger partial charge in [-0.1, -0.05) is 24.3 Å². The molecule has 0 atom stereocenters. The standard InChI is InChI=1S/C21H20N2O2/c1-13-7-10-20(25-2)19(11-13)23-21(24)16-12-18(14-8-9-14)22-17-6-4-3-5-15(16)17/h3-7,10-12,14H,8-9H2,1-2H3,(H,23,24). The van der Waals surface area contributed by atoms with E-state index in [0.29, 0.717) is 22.9 Å². The molecule has 1 N–H and O–H groups in total. The summed E-state index contributed by atoms with van der Waals surface area (Å²) in [5.41, 5.74) is 4.29. The zero-order chi connectivity index (χ0) is 17.4. The number of hydrogen-bond donors (Lipinski definition) is 1. The number of aromatic nitrogens is 1. The Labute approximate surface area is 146 Å². The van der Waals surface area contributed by atoms with Crippen LogP contribution in [0, 0.1) is 6.92 Å². The summed E-state index contributed by atoms with van der Waals surface area (Å²) in [6.45, 7) is 1.99. The fourth-order valence-corrected chi connectivity index (χ4v) is 3.08. The second kappa shape index (κ2) is 6.20. The summed E-state index contributed by atoms with van der Waals surface area (Å²) in [6.07, 6.45) is 2.30. The SMILES string of the molecule is COc1ccc(C)cc1NC(=O)c1cc(C2CC2)nc2ccccc12. The fraction of sp³-hybridized carbons (Fsp3) is 0.238. The molecule has 2 aromatic carbocycles. The van der Waals surface area contributed by atoms with Crippen molar-refractivity contribution >= 4 is 22.5 Å². The van der Waals surface area contributed by atoms with Crippen LogP contribution in [0.15, 0.2) is 48.5 Å². The summed E-state index contributed by atoms with van der Waals surface area (Å²) >= 11 is 0. The number of methoxy groups -OCH3 is 1. The molecule has 25 heavy (non-hydrogen) atoms. The Morgan fingerprint density at radius 2 is 1.96 bits per heavy atom. The number of fused-ring (bicyclic) bond motifs is 1. The molecule has 1 saturated carbocycles. The highest BCUT2D eigenvalue weighted by molar-refractivity contribution is 6.12. The Bertz CT molecular complexity index is 961. The maximum Gasteiger partial charge on any atom is 0.256 e. The number of anilines is 1. The van der Waals surface area contributed by atoms with Crippen LogP contribution in [-0.4, -0.2) is 18.0 Å². The van der Waals surface area contributed by atoms with Gasteiger partial charge in [0.1, 0.15) is 5.75 Å². The van der Waals surface area contributed by atoms with Gasteiger partial charge in [0.05, 0.1) is 23.9 Å². The van der Waals surface area contributed by atoms with Gasteiger partial charge in [0.15, 0.2) is 0 Å². The van der Waals surface area contributed by atoms with Crippen LogP contribution in [0.1, 0.15) is 40.4 Å². The highest BCUT2D eigenvalue weighted by Crippen LogP contribution is 2.40. The number of nitrogens with zero attached hydrogens (tertiary/aromatic N) is 1. The van der Waals surface area contributed by atoms with Crippen LogP contribution in [0.2, 0.25) is 0 Å². The van der Waals surface area contributed by atoms with Gasteiger partial charge in [-0.05, 0) is 49.6 Å². The highest BCUT2D eigenvalue weighted by Gasteiger charge is 2.27. The van der Waals surface area contributed by atoms with Gasteiger partial charge >= 0.3 is 0 Å². The maximum atomic E-state index is 13.0. The summed E-state index contributed by atoms with van der Waals surface area (Å²) in [4.78, 5) is 17.7. The van der Waals surface area contributed by atoms with E-state index in [4.69, 9.17) is 9.72 Å². The van der Waals surface area contributed by atoms with E-state index >= 15 is 0 Å². The quantitative estimate of drug-likeness (QED) is 0.754. The van der Waals surface area contributed by atoms with E-state index in [9.17, 15) is 4.79 Å². The molecule has 4 nitrogen and oxygen atoms in total. The summed E-state index contributed by atoms with van der Waals surface area (Å²) in [6, 6.07) is 15.5. The molecule has 1 amide bonds. The number of rotatable bonds is 4. The van der Waals surface area contributed by atoms with Crippen molar-refractivity contribution in [1.82, 2.24) is 4.98 Å². The largest absolute Gasteiger partial charge is 0.495 e. The minimum Gasteiger partial charge on any atom is -0.495 e. The van der Waals surface area contributed by atoms with Crippen LogP contribution in [0.5, 0.6) is 5.75 Å². The van der Waals surface area contributed by atoms with Crippen LogP contribution in [0.3, 0.4) is 0 Å². The van der Waals surface area contributed by atoms with E-state index in [2.05, 4.69) is 5.32 Å². The first-order valence-electron chi connectivity index (χ1n) is 8.51. The van der Waals surface area contributed by atoms with Crippen molar-refractivity contribution in [3.63, 3.8) is 0 Å². The number of carbonyl (C=O) groups excluding carboxylic acids is 1. The number of aryl methyl sites for hydroxylation is 1. The molecule has 0 aliphatic heterocycles. The van der Waals surface area contributed by atoms with Crippen LogP contribution in [-0.2, 0) is 0 Å². The van der Waals surface area contributed by atoms with Gasteiger partial charge < -0.3 is 10.1 Å². The van der Waals surface area contributed by atoms with Gasteiger partial charge in [-0.15, -0.1) is 0 Å². The van der Waals surface area contributed by atoms with Crippen molar-refractivity contribution in [3.05, 3.63) is 65.4 Å². The van der Waals surface area contributed by atoms with E-state index in [-0.39, 0.29) is 5.91 Å². The number of ether oxygens (including phenoxy) is 1. The number of nitrogens with one attached hydrogen (secondary N) is 1. The number of carbonyl (C=O) groups is 1. The van der Waals surface area contributed by atoms with Gasteiger partial charge in [0, 0.05) is 17.0 Å². The van der Waals surface area contributed by atoms with Crippen molar-refractivity contribution < 1.29 is 9.53 Å². The topological polar surface area (TPSA) is 51.2 Å². The lowest BCUT2D eigenvalue weighted by atomic mass is 10.0. The van der Waals surface area contributed by atoms with E-state index in [0.717, 1.165) is 35.0 Å². The lowest BCUT2D eigenvalue weighted by Gasteiger charge is -2.13. The Balaban J connectivity index is 1.76. The molecule has 0 saturated heterocycles. The zero-order valence-electron chi connectivity index (χ0n) is 14.4. The van der Waals surface area contributed by atoms with Crippen molar-refractivity contribution in [2.75, 3.05) is 12.4 Å².